The van der Waals surface area contributed by atoms with E-state index in [0.717, 1.165) is 18.6 Å². The Hall–Kier alpha value is -0.910. The monoisotopic (exact) mass is 347 g/mol. The molecule has 0 spiro atoms. The third-order valence-electron chi connectivity index (χ3n) is 3.23. The van der Waals surface area contributed by atoms with Gasteiger partial charge in [0.15, 0.2) is 0 Å². The Labute approximate surface area is 145 Å². The molecule has 1 unspecified atom stereocenters. The predicted octanol–water partition coefficient (Wildman–Crippen LogP) is 4.00. The summed E-state index contributed by atoms with van der Waals surface area (Å²) in [6.07, 6.45) is 7.49. The maximum absolute atomic E-state index is 12.1. The van der Waals surface area contributed by atoms with E-state index >= 15 is 0 Å². The molecule has 136 valence electrons. The molecule has 1 N–H and O–H groups in total. The number of amides is 1. The topological polar surface area (TPSA) is 64.6 Å². The lowest BCUT2D eigenvalue weighted by Gasteiger charge is -2.17. The number of thioether (sulfide) groups is 1. The van der Waals surface area contributed by atoms with Crippen LogP contribution in [0.25, 0.3) is 0 Å². The van der Waals surface area contributed by atoms with Gasteiger partial charge in [-0.15, -0.1) is 0 Å². The maximum Gasteiger partial charge on any atom is 0.407 e. The fourth-order valence-electron chi connectivity index (χ4n) is 1.89. The third kappa shape index (κ3) is 13.2. The molecule has 0 fully saturated rings. The smallest absolute Gasteiger partial charge is 0.407 e. The molecule has 0 aromatic rings. The van der Waals surface area contributed by atoms with Gasteiger partial charge in [-0.2, -0.15) is 11.8 Å². The summed E-state index contributed by atoms with van der Waals surface area (Å²) in [6, 6.07) is -0.627. The molecule has 23 heavy (non-hydrogen) atoms. The molecule has 0 saturated heterocycles. The molecule has 0 aromatic heterocycles. The number of ether oxygens (including phenoxy) is 2. The Morgan fingerprint density at radius 2 is 1.78 bits per heavy atom. The van der Waals surface area contributed by atoms with Crippen molar-refractivity contribution in [1.29, 1.82) is 0 Å². The molecular formula is C17H33NO4S. The summed E-state index contributed by atoms with van der Waals surface area (Å²) < 4.78 is 10.4. The SMILES string of the molecule is CCCCCCCOC(=O)C(CCSC)NC(=O)OCC(C)C. The first-order valence-corrected chi connectivity index (χ1v) is 9.99. The Kier molecular flexibility index (Phi) is 14.1. The number of alkyl carbamates (subject to hydrolysis) is 1. The van der Waals surface area contributed by atoms with Crippen LogP contribution in [0.15, 0.2) is 0 Å². The molecule has 6 heteroatoms. The van der Waals surface area contributed by atoms with Crippen molar-refractivity contribution in [2.75, 3.05) is 25.2 Å². The quantitative estimate of drug-likeness (QED) is 0.403. The van der Waals surface area contributed by atoms with Crippen molar-refractivity contribution in [1.82, 2.24) is 5.32 Å². The fourth-order valence-corrected chi connectivity index (χ4v) is 2.36. The van der Waals surface area contributed by atoms with Gasteiger partial charge in [0, 0.05) is 0 Å². The highest BCUT2D eigenvalue weighted by Crippen LogP contribution is 2.06. The molecular weight excluding hydrogens is 314 g/mol. The van der Waals surface area contributed by atoms with E-state index in [0.29, 0.717) is 19.6 Å². The van der Waals surface area contributed by atoms with Gasteiger partial charge in [0.05, 0.1) is 13.2 Å². The van der Waals surface area contributed by atoms with Crippen molar-refractivity contribution >= 4 is 23.8 Å². The second-order valence-corrected chi connectivity index (χ2v) is 7.04. The molecule has 0 aliphatic carbocycles. The van der Waals surface area contributed by atoms with E-state index in [1.54, 1.807) is 11.8 Å². The highest BCUT2D eigenvalue weighted by molar-refractivity contribution is 7.98. The lowest BCUT2D eigenvalue weighted by atomic mass is 10.2. The van der Waals surface area contributed by atoms with Gasteiger partial charge in [-0.1, -0.05) is 46.5 Å². The maximum atomic E-state index is 12.1. The average molecular weight is 348 g/mol. The summed E-state index contributed by atoms with van der Waals surface area (Å²) in [5.41, 5.74) is 0. The summed E-state index contributed by atoms with van der Waals surface area (Å²) in [5, 5.41) is 2.62. The number of unbranched alkanes of at least 4 members (excludes halogenated alkanes) is 4. The molecule has 0 saturated carbocycles. The first-order chi connectivity index (χ1) is 11.0. The van der Waals surface area contributed by atoms with Gasteiger partial charge in [-0.05, 0) is 30.8 Å². The number of esters is 1. The van der Waals surface area contributed by atoms with Crippen molar-refractivity contribution in [2.24, 2.45) is 5.92 Å². The second-order valence-electron chi connectivity index (χ2n) is 6.05. The van der Waals surface area contributed by atoms with Crippen molar-refractivity contribution < 1.29 is 19.1 Å². The van der Waals surface area contributed by atoms with E-state index in [1.807, 2.05) is 20.1 Å². The van der Waals surface area contributed by atoms with E-state index in [1.165, 1.54) is 19.3 Å². The first-order valence-electron chi connectivity index (χ1n) is 8.60. The average Bonchev–Trinajstić information content (AvgIpc) is 2.52. The van der Waals surface area contributed by atoms with Crippen LogP contribution in [0.4, 0.5) is 4.79 Å². The molecule has 0 bridgehead atoms. The van der Waals surface area contributed by atoms with Crippen LogP contribution >= 0.6 is 11.8 Å². The van der Waals surface area contributed by atoms with Gasteiger partial charge in [-0.3, -0.25) is 0 Å². The van der Waals surface area contributed by atoms with Gasteiger partial charge < -0.3 is 14.8 Å². The van der Waals surface area contributed by atoms with E-state index in [4.69, 9.17) is 9.47 Å². The predicted molar refractivity (Wildman–Crippen MR) is 95.8 cm³/mol. The van der Waals surface area contributed by atoms with E-state index in [-0.39, 0.29) is 11.9 Å². The Morgan fingerprint density at radius 3 is 2.39 bits per heavy atom. The van der Waals surface area contributed by atoms with Crippen LogP contribution in [-0.4, -0.2) is 43.3 Å². The van der Waals surface area contributed by atoms with Crippen LogP contribution in [0.5, 0.6) is 0 Å². The highest BCUT2D eigenvalue weighted by atomic mass is 32.2. The molecule has 1 atom stereocenters. The summed E-state index contributed by atoms with van der Waals surface area (Å²) in [5.74, 6) is 0.678. The van der Waals surface area contributed by atoms with Crippen LogP contribution in [0.1, 0.15) is 59.3 Å². The van der Waals surface area contributed by atoms with Crippen molar-refractivity contribution in [3.63, 3.8) is 0 Å². The second kappa shape index (κ2) is 14.7. The van der Waals surface area contributed by atoms with Crippen LogP contribution in [0.2, 0.25) is 0 Å². The third-order valence-corrected chi connectivity index (χ3v) is 3.87. The summed E-state index contributed by atoms with van der Waals surface area (Å²) >= 11 is 1.63. The molecule has 5 nitrogen and oxygen atoms in total. The minimum absolute atomic E-state index is 0.264. The molecule has 0 heterocycles. The number of carbonyl (C=O) groups is 2. The summed E-state index contributed by atoms with van der Waals surface area (Å²) in [6.45, 7) is 6.85. The normalized spacial score (nSPS) is 12.0. The Balaban J connectivity index is 4.13. The molecule has 0 aromatic carbocycles. The van der Waals surface area contributed by atoms with E-state index in [9.17, 15) is 9.59 Å². The molecule has 0 rings (SSSR count). The number of hydrogen-bond donors (Lipinski definition) is 1. The zero-order chi connectivity index (χ0) is 17.5. The Bertz CT molecular complexity index is 324. The number of hydrogen-bond acceptors (Lipinski definition) is 5. The van der Waals surface area contributed by atoms with Crippen molar-refractivity contribution in [2.45, 2.75) is 65.3 Å². The number of carbonyl (C=O) groups excluding carboxylic acids is 2. The first kappa shape index (κ1) is 22.1. The van der Waals surface area contributed by atoms with Gasteiger partial charge in [0.1, 0.15) is 6.04 Å². The fraction of sp³-hybridized carbons (Fsp3) is 0.882. The molecule has 1 amide bonds. The number of nitrogens with one attached hydrogen (secondary N) is 1. The van der Waals surface area contributed by atoms with Crippen molar-refractivity contribution in [3.8, 4) is 0 Å². The van der Waals surface area contributed by atoms with E-state index in [2.05, 4.69) is 12.2 Å². The summed E-state index contributed by atoms with van der Waals surface area (Å²) in [4.78, 5) is 23.8. The lowest BCUT2D eigenvalue weighted by molar-refractivity contribution is -0.146. The van der Waals surface area contributed by atoms with Crippen LogP contribution in [-0.2, 0) is 14.3 Å². The van der Waals surface area contributed by atoms with Crippen LogP contribution in [0, 0.1) is 5.92 Å². The highest BCUT2D eigenvalue weighted by Gasteiger charge is 2.22. The Morgan fingerprint density at radius 1 is 1.09 bits per heavy atom. The standard InChI is InChI=1S/C17H33NO4S/c1-5-6-7-8-9-11-21-16(19)15(10-12-23-4)18-17(20)22-13-14(2)3/h14-15H,5-13H2,1-4H3,(H,18,20). The largest absolute Gasteiger partial charge is 0.464 e. The zero-order valence-electron chi connectivity index (χ0n) is 15.1. The molecule has 0 aliphatic heterocycles. The minimum Gasteiger partial charge on any atom is -0.464 e. The minimum atomic E-state index is -0.627. The van der Waals surface area contributed by atoms with Gasteiger partial charge >= 0.3 is 12.1 Å². The van der Waals surface area contributed by atoms with E-state index < -0.39 is 12.1 Å². The van der Waals surface area contributed by atoms with Gasteiger partial charge in [0.2, 0.25) is 0 Å². The lowest BCUT2D eigenvalue weighted by Crippen LogP contribution is -2.43. The zero-order valence-corrected chi connectivity index (χ0v) is 15.9. The van der Waals surface area contributed by atoms with Crippen molar-refractivity contribution in [3.05, 3.63) is 0 Å². The van der Waals surface area contributed by atoms with Crippen LogP contribution in [0.3, 0.4) is 0 Å². The van der Waals surface area contributed by atoms with Gasteiger partial charge in [-0.25, -0.2) is 9.59 Å². The van der Waals surface area contributed by atoms with Crippen LogP contribution < -0.4 is 5.32 Å². The number of rotatable bonds is 13. The van der Waals surface area contributed by atoms with Gasteiger partial charge in [0.25, 0.3) is 0 Å². The molecule has 0 aliphatic rings. The summed E-state index contributed by atoms with van der Waals surface area (Å²) in [7, 11) is 0. The molecule has 0 radical (unpaired) electrons.